The maximum atomic E-state index is 11.2. The molecule has 2 atom stereocenters. The minimum Gasteiger partial charge on any atom is -0.376 e. The third-order valence-corrected chi connectivity index (χ3v) is 2.74. The average Bonchev–Trinajstić information content (AvgIpc) is 2.19. The predicted molar refractivity (Wildman–Crippen MR) is 48.1 cm³/mol. The van der Waals surface area contributed by atoms with Crippen molar-refractivity contribution < 1.29 is 9.53 Å². The van der Waals surface area contributed by atoms with Crippen molar-refractivity contribution >= 4 is 5.91 Å². The van der Waals surface area contributed by atoms with Gasteiger partial charge in [-0.25, -0.2) is 0 Å². The maximum Gasteiger partial charge on any atom is 0.241 e. The summed E-state index contributed by atoms with van der Waals surface area (Å²) in [6, 6.07) is -0.247. The minimum absolute atomic E-state index is 0.0779. The SMILES string of the molecule is NC1CN(CC2CCCCO2)C1=O. The van der Waals surface area contributed by atoms with Crippen LogP contribution in [0.25, 0.3) is 0 Å². The molecule has 2 saturated heterocycles. The Balaban J connectivity index is 1.75. The molecule has 0 aliphatic carbocycles. The minimum atomic E-state index is -0.247. The van der Waals surface area contributed by atoms with Crippen LogP contribution in [-0.2, 0) is 9.53 Å². The number of amides is 1. The molecule has 0 bridgehead atoms. The van der Waals surface area contributed by atoms with E-state index in [-0.39, 0.29) is 18.1 Å². The molecule has 0 spiro atoms. The van der Waals surface area contributed by atoms with Gasteiger partial charge in [-0.3, -0.25) is 4.79 Å². The van der Waals surface area contributed by atoms with E-state index in [0.29, 0.717) is 6.54 Å². The van der Waals surface area contributed by atoms with Gasteiger partial charge in [-0.1, -0.05) is 0 Å². The number of hydrogen-bond acceptors (Lipinski definition) is 3. The van der Waals surface area contributed by atoms with Crippen molar-refractivity contribution in [3.63, 3.8) is 0 Å². The molecule has 2 heterocycles. The number of carbonyl (C=O) groups excluding carboxylic acids is 1. The van der Waals surface area contributed by atoms with E-state index in [9.17, 15) is 4.79 Å². The third-order valence-electron chi connectivity index (χ3n) is 2.74. The number of nitrogens with zero attached hydrogens (tertiary/aromatic N) is 1. The Bertz CT molecular complexity index is 202. The van der Waals surface area contributed by atoms with Crippen molar-refractivity contribution in [1.29, 1.82) is 0 Å². The van der Waals surface area contributed by atoms with Gasteiger partial charge in [0.05, 0.1) is 6.10 Å². The molecule has 0 aromatic heterocycles. The van der Waals surface area contributed by atoms with Crippen molar-refractivity contribution in [2.24, 2.45) is 5.73 Å². The van der Waals surface area contributed by atoms with Gasteiger partial charge in [-0.05, 0) is 19.3 Å². The Labute approximate surface area is 78.0 Å². The zero-order chi connectivity index (χ0) is 9.26. The van der Waals surface area contributed by atoms with Crippen LogP contribution in [0.5, 0.6) is 0 Å². The molecular formula is C9H16N2O2. The van der Waals surface area contributed by atoms with Gasteiger partial charge in [-0.2, -0.15) is 0 Å². The molecule has 0 saturated carbocycles. The lowest BCUT2D eigenvalue weighted by atomic mass is 10.0. The molecule has 13 heavy (non-hydrogen) atoms. The van der Waals surface area contributed by atoms with Crippen molar-refractivity contribution in [2.45, 2.75) is 31.4 Å². The standard InChI is InChI=1S/C9H16N2O2/c10-8-6-11(9(8)12)5-7-3-1-2-4-13-7/h7-8H,1-6,10H2. The lowest BCUT2D eigenvalue weighted by Crippen LogP contribution is -2.62. The molecule has 0 aromatic carbocycles. The Kier molecular flexibility index (Phi) is 2.51. The van der Waals surface area contributed by atoms with Crippen LogP contribution in [0.1, 0.15) is 19.3 Å². The number of rotatable bonds is 2. The predicted octanol–water partition coefficient (Wildman–Crippen LogP) is -0.275. The zero-order valence-corrected chi connectivity index (χ0v) is 7.74. The molecule has 4 nitrogen and oxygen atoms in total. The molecule has 1 amide bonds. The highest BCUT2D eigenvalue weighted by atomic mass is 16.5. The van der Waals surface area contributed by atoms with Gasteiger partial charge in [0.1, 0.15) is 6.04 Å². The number of ether oxygens (including phenoxy) is 1. The summed E-state index contributed by atoms with van der Waals surface area (Å²) in [5.41, 5.74) is 5.49. The molecular weight excluding hydrogens is 168 g/mol. The average molecular weight is 184 g/mol. The first-order chi connectivity index (χ1) is 6.27. The van der Waals surface area contributed by atoms with E-state index in [4.69, 9.17) is 10.5 Å². The summed E-state index contributed by atoms with van der Waals surface area (Å²) in [4.78, 5) is 13.0. The Morgan fingerprint density at radius 2 is 2.38 bits per heavy atom. The Hall–Kier alpha value is -0.610. The van der Waals surface area contributed by atoms with Crippen LogP contribution in [0, 0.1) is 0 Å². The molecule has 4 heteroatoms. The molecule has 74 valence electrons. The van der Waals surface area contributed by atoms with Gasteiger partial charge in [0, 0.05) is 19.7 Å². The quantitative estimate of drug-likeness (QED) is 0.601. The highest BCUT2D eigenvalue weighted by molar-refractivity contribution is 5.87. The summed E-state index contributed by atoms with van der Waals surface area (Å²) in [7, 11) is 0. The largest absolute Gasteiger partial charge is 0.376 e. The van der Waals surface area contributed by atoms with Crippen molar-refractivity contribution in [3.8, 4) is 0 Å². The van der Waals surface area contributed by atoms with Gasteiger partial charge in [-0.15, -0.1) is 0 Å². The first-order valence-electron chi connectivity index (χ1n) is 4.93. The van der Waals surface area contributed by atoms with E-state index in [1.165, 1.54) is 6.42 Å². The van der Waals surface area contributed by atoms with Crippen LogP contribution in [0.2, 0.25) is 0 Å². The fourth-order valence-corrected chi connectivity index (χ4v) is 1.89. The van der Waals surface area contributed by atoms with E-state index in [1.54, 1.807) is 4.90 Å². The lowest BCUT2D eigenvalue weighted by molar-refractivity contribution is -0.145. The number of likely N-dealkylation sites (tertiary alicyclic amines) is 1. The fourth-order valence-electron chi connectivity index (χ4n) is 1.89. The second-order valence-electron chi connectivity index (χ2n) is 3.84. The third kappa shape index (κ3) is 1.84. The zero-order valence-electron chi connectivity index (χ0n) is 7.74. The normalized spacial score (nSPS) is 34.5. The van der Waals surface area contributed by atoms with Gasteiger partial charge in [0.2, 0.25) is 5.91 Å². The van der Waals surface area contributed by atoms with Crippen molar-refractivity contribution in [1.82, 2.24) is 4.90 Å². The fraction of sp³-hybridized carbons (Fsp3) is 0.889. The number of carbonyl (C=O) groups is 1. The Morgan fingerprint density at radius 3 is 2.92 bits per heavy atom. The van der Waals surface area contributed by atoms with E-state index >= 15 is 0 Å². The van der Waals surface area contributed by atoms with Crippen LogP contribution >= 0.6 is 0 Å². The first kappa shape index (κ1) is 8.97. The second kappa shape index (κ2) is 3.64. The van der Waals surface area contributed by atoms with E-state index in [2.05, 4.69) is 0 Å². The van der Waals surface area contributed by atoms with E-state index < -0.39 is 0 Å². The molecule has 2 fully saturated rings. The molecule has 0 radical (unpaired) electrons. The smallest absolute Gasteiger partial charge is 0.241 e. The van der Waals surface area contributed by atoms with Crippen LogP contribution in [0.15, 0.2) is 0 Å². The van der Waals surface area contributed by atoms with Crippen LogP contribution in [-0.4, -0.2) is 42.6 Å². The summed E-state index contributed by atoms with van der Waals surface area (Å²) in [5, 5.41) is 0. The number of β-lactam (4-membered cyclic amide) rings is 1. The highest BCUT2D eigenvalue weighted by Gasteiger charge is 2.35. The van der Waals surface area contributed by atoms with E-state index in [1.807, 2.05) is 0 Å². The molecule has 2 rings (SSSR count). The van der Waals surface area contributed by atoms with Crippen molar-refractivity contribution in [2.75, 3.05) is 19.7 Å². The summed E-state index contributed by atoms with van der Waals surface area (Å²) in [6.45, 7) is 2.30. The van der Waals surface area contributed by atoms with Crippen LogP contribution in [0.4, 0.5) is 0 Å². The number of hydrogen-bond donors (Lipinski definition) is 1. The van der Waals surface area contributed by atoms with Crippen LogP contribution < -0.4 is 5.73 Å². The Morgan fingerprint density at radius 1 is 1.54 bits per heavy atom. The summed E-state index contributed by atoms with van der Waals surface area (Å²) >= 11 is 0. The summed E-state index contributed by atoms with van der Waals surface area (Å²) < 4.78 is 5.53. The second-order valence-corrected chi connectivity index (χ2v) is 3.84. The summed E-state index contributed by atoms with van der Waals surface area (Å²) in [5.74, 6) is 0.0779. The molecule has 2 aliphatic heterocycles. The maximum absolute atomic E-state index is 11.2. The van der Waals surface area contributed by atoms with Gasteiger partial charge < -0.3 is 15.4 Å². The van der Waals surface area contributed by atoms with Crippen LogP contribution in [0.3, 0.4) is 0 Å². The molecule has 2 unspecified atom stereocenters. The first-order valence-corrected chi connectivity index (χ1v) is 4.93. The highest BCUT2D eigenvalue weighted by Crippen LogP contribution is 2.17. The van der Waals surface area contributed by atoms with Gasteiger partial charge in [0.25, 0.3) is 0 Å². The van der Waals surface area contributed by atoms with E-state index in [0.717, 1.165) is 26.0 Å². The van der Waals surface area contributed by atoms with Crippen molar-refractivity contribution in [3.05, 3.63) is 0 Å². The monoisotopic (exact) mass is 184 g/mol. The molecule has 0 aromatic rings. The summed E-state index contributed by atoms with van der Waals surface area (Å²) in [6.07, 6.45) is 3.71. The lowest BCUT2D eigenvalue weighted by Gasteiger charge is -2.39. The number of nitrogens with two attached hydrogens (primary N) is 1. The van der Waals surface area contributed by atoms with Gasteiger partial charge >= 0.3 is 0 Å². The topological polar surface area (TPSA) is 55.6 Å². The molecule has 2 N–H and O–H groups in total. The molecule has 2 aliphatic rings. The van der Waals surface area contributed by atoms with Gasteiger partial charge in [0.15, 0.2) is 0 Å².